The van der Waals surface area contributed by atoms with Crippen molar-refractivity contribution in [1.29, 1.82) is 0 Å². The van der Waals surface area contributed by atoms with Gasteiger partial charge in [-0.15, -0.1) is 0 Å². The molecule has 1 N–H and O–H groups in total. The maximum absolute atomic E-state index is 12.8. The molecule has 1 unspecified atom stereocenters. The highest BCUT2D eigenvalue weighted by Crippen LogP contribution is 2.19. The fourth-order valence-electron chi connectivity index (χ4n) is 3.03. The molecule has 0 amide bonds. The lowest BCUT2D eigenvalue weighted by Gasteiger charge is -2.15. The van der Waals surface area contributed by atoms with Crippen molar-refractivity contribution in [3.05, 3.63) is 56.2 Å². The van der Waals surface area contributed by atoms with Gasteiger partial charge in [-0.3, -0.25) is 18.5 Å². The van der Waals surface area contributed by atoms with Crippen LogP contribution in [0.1, 0.15) is 31.4 Å². The van der Waals surface area contributed by atoms with E-state index in [-0.39, 0.29) is 17.3 Å². The number of benzene rings is 1. The van der Waals surface area contributed by atoms with Gasteiger partial charge in [0.15, 0.2) is 11.2 Å². The summed E-state index contributed by atoms with van der Waals surface area (Å²) in [5.41, 5.74) is 2.35. The molecule has 0 aliphatic heterocycles. The molecule has 0 aliphatic rings. The predicted molar refractivity (Wildman–Crippen MR) is 104 cm³/mol. The van der Waals surface area contributed by atoms with E-state index in [1.807, 2.05) is 29.7 Å². The van der Waals surface area contributed by atoms with E-state index in [4.69, 9.17) is 0 Å². The molecule has 0 saturated carbocycles. The molecule has 0 spiro atoms. The van der Waals surface area contributed by atoms with Crippen LogP contribution in [0.2, 0.25) is 0 Å². The van der Waals surface area contributed by atoms with Crippen LogP contribution in [0.25, 0.3) is 11.2 Å². The maximum Gasteiger partial charge on any atom is 0.332 e. The first-order valence-electron chi connectivity index (χ1n) is 8.81. The molecule has 0 aliphatic carbocycles. The fraction of sp³-hybridized carbons (Fsp3) is 0.421. The highest BCUT2D eigenvalue weighted by molar-refractivity contribution is 5.74. The molecule has 0 saturated heterocycles. The predicted octanol–water partition coefficient (Wildman–Crippen LogP) is 2.00. The average molecular weight is 355 g/mol. The first-order chi connectivity index (χ1) is 12.3. The van der Waals surface area contributed by atoms with Gasteiger partial charge in [0.25, 0.3) is 5.56 Å². The Morgan fingerprint density at radius 3 is 2.58 bits per heavy atom. The number of fused-ring (bicyclic) bond motifs is 1. The van der Waals surface area contributed by atoms with E-state index in [9.17, 15) is 9.59 Å². The zero-order chi connectivity index (χ0) is 19.0. The summed E-state index contributed by atoms with van der Waals surface area (Å²) in [5, 5.41) is 3.37. The number of hydrogen-bond donors (Lipinski definition) is 1. The summed E-state index contributed by atoms with van der Waals surface area (Å²) in [6.45, 7) is 6.69. The normalized spacial score (nSPS) is 12.5. The second-order valence-corrected chi connectivity index (χ2v) is 6.84. The molecule has 138 valence electrons. The van der Waals surface area contributed by atoms with Crippen LogP contribution in [0.5, 0.6) is 0 Å². The largest absolute Gasteiger partial charge is 0.353 e. The number of anilines is 1. The lowest BCUT2D eigenvalue weighted by atomic mass is 10.1. The molecule has 0 radical (unpaired) electrons. The monoisotopic (exact) mass is 355 g/mol. The van der Waals surface area contributed by atoms with E-state index in [1.165, 1.54) is 11.6 Å². The Kier molecular flexibility index (Phi) is 4.71. The number of nitrogens with one attached hydrogen (secondary N) is 1. The smallest absolute Gasteiger partial charge is 0.332 e. The van der Waals surface area contributed by atoms with Crippen molar-refractivity contribution >= 4 is 17.1 Å². The summed E-state index contributed by atoms with van der Waals surface area (Å²) in [6.07, 6.45) is 0.921. The fourth-order valence-corrected chi connectivity index (χ4v) is 3.03. The average Bonchev–Trinajstić information content (AvgIpc) is 2.96. The van der Waals surface area contributed by atoms with E-state index in [2.05, 4.69) is 30.2 Å². The Labute approximate surface area is 151 Å². The molecule has 0 fully saturated rings. The standard InChI is InChI=1S/C19H25N5O2/c1-6-13(3)20-18-21-16-15(17(25)23(5)19(26)22(16)4)24(18)11-14-9-7-8-12(2)10-14/h7-10,13H,6,11H2,1-5H3,(H,20,21). The SMILES string of the molecule is CCC(C)Nc1nc2c(c(=O)n(C)c(=O)n2C)n1Cc1cccc(C)c1. The van der Waals surface area contributed by atoms with Gasteiger partial charge in [-0.25, -0.2) is 4.79 Å². The highest BCUT2D eigenvalue weighted by atomic mass is 16.2. The second-order valence-electron chi connectivity index (χ2n) is 6.84. The summed E-state index contributed by atoms with van der Waals surface area (Å²) in [6, 6.07) is 8.35. The molecule has 0 bridgehead atoms. The quantitative estimate of drug-likeness (QED) is 0.760. The number of aryl methyl sites for hydroxylation is 2. The Hall–Kier alpha value is -2.83. The summed E-state index contributed by atoms with van der Waals surface area (Å²) in [5.74, 6) is 0.606. The molecule has 3 aromatic rings. The van der Waals surface area contributed by atoms with Crippen molar-refractivity contribution in [3.8, 4) is 0 Å². The third-order valence-corrected chi connectivity index (χ3v) is 4.76. The van der Waals surface area contributed by atoms with Gasteiger partial charge in [0, 0.05) is 20.1 Å². The van der Waals surface area contributed by atoms with Crippen molar-refractivity contribution in [1.82, 2.24) is 18.7 Å². The number of hydrogen-bond acceptors (Lipinski definition) is 4. The van der Waals surface area contributed by atoms with Crippen molar-refractivity contribution in [2.45, 2.75) is 39.8 Å². The zero-order valence-electron chi connectivity index (χ0n) is 15.9. The molecule has 2 aromatic heterocycles. The summed E-state index contributed by atoms with van der Waals surface area (Å²) >= 11 is 0. The van der Waals surface area contributed by atoms with Crippen molar-refractivity contribution in [3.63, 3.8) is 0 Å². The Balaban J connectivity index is 2.27. The van der Waals surface area contributed by atoms with E-state index < -0.39 is 0 Å². The molecular weight excluding hydrogens is 330 g/mol. The van der Waals surface area contributed by atoms with Crippen LogP contribution < -0.4 is 16.6 Å². The van der Waals surface area contributed by atoms with Crippen LogP contribution in [0.4, 0.5) is 5.95 Å². The third kappa shape index (κ3) is 3.05. The Bertz CT molecular complexity index is 1070. The molecular formula is C19H25N5O2. The maximum atomic E-state index is 12.8. The molecule has 1 atom stereocenters. The molecule has 2 heterocycles. The van der Waals surface area contributed by atoms with Gasteiger partial charge in [-0.1, -0.05) is 36.8 Å². The topological polar surface area (TPSA) is 73.8 Å². The third-order valence-electron chi connectivity index (χ3n) is 4.76. The number of nitrogens with zero attached hydrogens (tertiary/aromatic N) is 4. The molecule has 7 heteroatoms. The molecule has 1 aromatic carbocycles. The van der Waals surface area contributed by atoms with Crippen LogP contribution in [0.3, 0.4) is 0 Å². The Morgan fingerprint density at radius 1 is 1.19 bits per heavy atom. The van der Waals surface area contributed by atoms with Gasteiger partial charge in [0.2, 0.25) is 5.95 Å². The minimum atomic E-state index is -0.377. The molecule has 7 nitrogen and oxygen atoms in total. The number of rotatable bonds is 5. The summed E-state index contributed by atoms with van der Waals surface area (Å²) in [7, 11) is 3.14. The molecule has 3 rings (SSSR count). The van der Waals surface area contributed by atoms with Gasteiger partial charge >= 0.3 is 5.69 Å². The second kappa shape index (κ2) is 6.82. The highest BCUT2D eigenvalue weighted by Gasteiger charge is 2.20. The van der Waals surface area contributed by atoms with Crippen LogP contribution in [-0.2, 0) is 20.6 Å². The van der Waals surface area contributed by atoms with Crippen molar-refractivity contribution < 1.29 is 0 Å². The minimum Gasteiger partial charge on any atom is -0.353 e. The van der Waals surface area contributed by atoms with Gasteiger partial charge in [0.1, 0.15) is 0 Å². The van der Waals surface area contributed by atoms with Crippen LogP contribution in [-0.4, -0.2) is 24.7 Å². The van der Waals surface area contributed by atoms with Crippen molar-refractivity contribution in [2.75, 3.05) is 5.32 Å². The first-order valence-corrected chi connectivity index (χ1v) is 8.81. The van der Waals surface area contributed by atoms with E-state index in [0.717, 1.165) is 22.1 Å². The van der Waals surface area contributed by atoms with Gasteiger partial charge < -0.3 is 5.32 Å². The zero-order valence-corrected chi connectivity index (χ0v) is 15.9. The van der Waals surface area contributed by atoms with Gasteiger partial charge in [0.05, 0.1) is 6.54 Å². The van der Waals surface area contributed by atoms with Gasteiger partial charge in [-0.2, -0.15) is 4.98 Å². The first kappa shape index (κ1) is 18.0. The van der Waals surface area contributed by atoms with Crippen LogP contribution in [0.15, 0.2) is 33.9 Å². The number of aromatic nitrogens is 4. The lowest BCUT2D eigenvalue weighted by Crippen LogP contribution is -2.37. The van der Waals surface area contributed by atoms with Crippen molar-refractivity contribution in [2.24, 2.45) is 14.1 Å². The Morgan fingerprint density at radius 2 is 1.92 bits per heavy atom. The lowest BCUT2D eigenvalue weighted by molar-refractivity contribution is 0.701. The van der Waals surface area contributed by atoms with Gasteiger partial charge in [-0.05, 0) is 25.8 Å². The van der Waals surface area contributed by atoms with Crippen LogP contribution >= 0.6 is 0 Å². The van der Waals surface area contributed by atoms with E-state index >= 15 is 0 Å². The van der Waals surface area contributed by atoms with E-state index in [0.29, 0.717) is 23.7 Å². The van der Waals surface area contributed by atoms with Crippen LogP contribution in [0, 0.1) is 6.92 Å². The summed E-state index contributed by atoms with van der Waals surface area (Å²) in [4.78, 5) is 29.7. The number of imidazole rings is 1. The molecule has 26 heavy (non-hydrogen) atoms. The van der Waals surface area contributed by atoms with E-state index in [1.54, 1.807) is 7.05 Å². The summed E-state index contributed by atoms with van der Waals surface area (Å²) < 4.78 is 4.42. The minimum absolute atomic E-state index is 0.198.